The number of carbonyl (C=O) groups excluding carboxylic acids is 2. The second-order valence-corrected chi connectivity index (χ2v) is 4.79. The first kappa shape index (κ1) is 15.6. The standard InChI is InChI=1S/C17H17NO4/c1-11(19)15-7-6-14(9-16(15)17(20)21-2)22-10-12-4-3-5-13(18)8-12/h3-9H,10,18H2,1-2H3. The maximum atomic E-state index is 11.8. The molecule has 0 radical (unpaired) electrons. The molecule has 0 atom stereocenters. The van der Waals surface area contributed by atoms with Crippen LogP contribution < -0.4 is 10.5 Å². The second-order valence-electron chi connectivity index (χ2n) is 4.79. The Bertz CT molecular complexity index is 710. The van der Waals surface area contributed by atoms with Crippen molar-refractivity contribution in [3.05, 3.63) is 59.2 Å². The van der Waals surface area contributed by atoms with Gasteiger partial charge in [0.25, 0.3) is 0 Å². The fourth-order valence-electron chi connectivity index (χ4n) is 2.05. The molecule has 22 heavy (non-hydrogen) atoms. The van der Waals surface area contributed by atoms with Gasteiger partial charge in [-0.1, -0.05) is 12.1 Å². The Morgan fingerprint density at radius 1 is 1.09 bits per heavy atom. The van der Waals surface area contributed by atoms with Crippen molar-refractivity contribution < 1.29 is 19.1 Å². The maximum absolute atomic E-state index is 11.8. The van der Waals surface area contributed by atoms with E-state index >= 15 is 0 Å². The van der Waals surface area contributed by atoms with Crippen molar-refractivity contribution in [2.45, 2.75) is 13.5 Å². The fraction of sp³-hybridized carbons (Fsp3) is 0.176. The summed E-state index contributed by atoms with van der Waals surface area (Å²) < 4.78 is 10.3. The van der Waals surface area contributed by atoms with Gasteiger partial charge in [0.1, 0.15) is 12.4 Å². The molecule has 0 fully saturated rings. The highest BCUT2D eigenvalue weighted by Crippen LogP contribution is 2.21. The molecule has 5 heteroatoms. The van der Waals surface area contributed by atoms with Crippen LogP contribution in [0, 0.1) is 0 Å². The molecule has 0 spiro atoms. The van der Waals surface area contributed by atoms with Crippen molar-refractivity contribution in [1.29, 1.82) is 0 Å². The van der Waals surface area contributed by atoms with Gasteiger partial charge in [0, 0.05) is 11.3 Å². The molecular formula is C17H17NO4. The molecule has 2 N–H and O–H groups in total. The van der Waals surface area contributed by atoms with Gasteiger partial charge < -0.3 is 15.2 Å². The monoisotopic (exact) mass is 299 g/mol. The molecular weight excluding hydrogens is 282 g/mol. The molecule has 0 aliphatic heterocycles. The number of nitrogen functional groups attached to an aromatic ring is 1. The lowest BCUT2D eigenvalue weighted by Gasteiger charge is -2.10. The number of ether oxygens (including phenoxy) is 2. The van der Waals surface area contributed by atoms with Crippen LogP contribution in [-0.2, 0) is 11.3 Å². The van der Waals surface area contributed by atoms with E-state index < -0.39 is 5.97 Å². The molecule has 0 unspecified atom stereocenters. The number of hydrogen-bond acceptors (Lipinski definition) is 5. The highest BCUT2D eigenvalue weighted by Gasteiger charge is 2.16. The average molecular weight is 299 g/mol. The highest BCUT2D eigenvalue weighted by molar-refractivity contribution is 6.05. The zero-order valence-electron chi connectivity index (χ0n) is 12.5. The van der Waals surface area contributed by atoms with Crippen LogP contribution in [0.2, 0.25) is 0 Å². The van der Waals surface area contributed by atoms with Crippen LogP contribution in [0.15, 0.2) is 42.5 Å². The van der Waals surface area contributed by atoms with Gasteiger partial charge in [-0.2, -0.15) is 0 Å². The fourth-order valence-corrected chi connectivity index (χ4v) is 2.05. The van der Waals surface area contributed by atoms with Gasteiger partial charge in [0.15, 0.2) is 5.78 Å². The summed E-state index contributed by atoms with van der Waals surface area (Å²) in [6, 6.07) is 12.0. The minimum Gasteiger partial charge on any atom is -0.489 e. The number of carbonyl (C=O) groups is 2. The zero-order chi connectivity index (χ0) is 16.1. The first-order valence-electron chi connectivity index (χ1n) is 6.72. The maximum Gasteiger partial charge on any atom is 0.338 e. The van der Waals surface area contributed by atoms with Crippen molar-refractivity contribution in [2.24, 2.45) is 0 Å². The van der Waals surface area contributed by atoms with Crippen LogP contribution in [-0.4, -0.2) is 18.9 Å². The summed E-state index contributed by atoms with van der Waals surface area (Å²) >= 11 is 0. The normalized spacial score (nSPS) is 10.1. The van der Waals surface area contributed by atoms with Crippen molar-refractivity contribution in [2.75, 3.05) is 12.8 Å². The third-order valence-electron chi connectivity index (χ3n) is 3.13. The predicted octanol–water partition coefficient (Wildman–Crippen LogP) is 2.84. The van der Waals surface area contributed by atoms with Crippen LogP contribution in [0.25, 0.3) is 0 Å². The van der Waals surface area contributed by atoms with Crippen molar-refractivity contribution in [3.63, 3.8) is 0 Å². The molecule has 0 aromatic heterocycles. The molecule has 0 amide bonds. The Morgan fingerprint density at radius 3 is 2.50 bits per heavy atom. The van der Waals surface area contributed by atoms with E-state index in [1.807, 2.05) is 18.2 Å². The van der Waals surface area contributed by atoms with Crippen LogP contribution in [0.3, 0.4) is 0 Å². The second kappa shape index (κ2) is 6.76. The smallest absolute Gasteiger partial charge is 0.338 e. The van der Waals surface area contributed by atoms with Crippen molar-refractivity contribution >= 4 is 17.4 Å². The predicted molar refractivity (Wildman–Crippen MR) is 83.0 cm³/mol. The lowest BCUT2D eigenvalue weighted by Crippen LogP contribution is -2.09. The number of rotatable bonds is 5. The minimum atomic E-state index is -0.570. The Morgan fingerprint density at radius 2 is 1.86 bits per heavy atom. The molecule has 2 rings (SSSR count). The summed E-state index contributed by atoms with van der Waals surface area (Å²) in [6.45, 7) is 1.71. The van der Waals surface area contributed by atoms with E-state index in [4.69, 9.17) is 15.2 Å². The number of Topliss-reactive ketones (excluding diaryl/α,β-unsaturated/α-hetero) is 1. The zero-order valence-corrected chi connectivity index (χ0v) is 12.5. The number of hydrogen-bond donors (Lipinski definition) is 1. The number of methoxy groups -OCH3 is 1. The lowest BCUT2D eigenvalue weighted by molar-refractivity contribution is 0.0596. The Balaban J connectivity index is 2.21. The molecule has 0 aliphatic carbocycles. The molecule has 0 heterocycles. The largest absolute Gasteiger partial charge is 0.489 e. The first-order chi connectivity index (χ1) is 10.5. The number of esters is 1. The van der Waals surface area contributed by atoms with Gasteiger partial charge in [0.05, 0.1) is 12.7 Å². The number of anilines is 1. The van der Waals surface area contributed by atoms with E-state index in [1.165, 1.54) is 20.1 Å². The third kappa shape index (κ3) is 3.63. The lowest BCUT2D eigenvalue weighted by atomic mass is 10.0. The van der Waals surface area contributed by atoms with Gasteiger partial charge in [0.2, 0.25) is 0 Å². The van der Waals surface area contributed by atoms with Gasteiger partial charge in [-0.3, -0.25) is 4.79 Å². The average Bonchev–Trinajstić information content (AvgIpc) is 2.51. The highest BCUT2D eigenvalue weighted by atomic mass is 16.5. The van der Waals surface area contributed by atoms with Gasteiger partial charge in [-0.05, 0) is 42.8 Å². The molecule has 5 nitrogen and oxygen atoms in total. The van der Waals surface area contributed by atoms with Gasteiger partial charge >= 0.3 is 5.97 Å². The van der Waals surface area contributed by atoms with E-state index in [-0.39, 0.29) is 11.3 Å². The molecule has 0 saturated heterocycles. The quantitative estimate of drug-likeness (QED) is 0.522. The van der Waals surface area contributed by atoms with E-state index in [0.29, 0.717) is 23.6 Å². The Kier molecular flexibility index (Phi) is 4.78. The van der Waals surface area contributed by atoms with E-state index in [9.17, 15) is 9.59 Å². The van der Waals surface area contributed by atoms with Crippen LogP contribution in [0.5, 0.6) is 5.75 Å². The SMILES string of the molecule is COC(=O)c1cc(OCc2cccc(N)c2)ccc1C(C)=O. The van der Waals surface area contributed by atoms with Gasteiger partial charge in [-0.15, -0.1) is 0 Å². The molecule has 114 valence electrons. The van der Waals surface area contributed by atoms with Crippen LogP contribution in [0.4, 0.5) is 5.69 Å². The summed E-state index contributed by atoms with van der Waals surface area (Å²) in [5.41, 5.74) is 7.78. The minimum absolute atomic E-state index is 0.195. The third-order valence-corrected chi connectivity index (χ3v) is 3.13. The van der Waals surface area contributed by atoms with Gasteiger partial charge in [-0.25, -0.2) is 4.79 Å². The molecule has 0 saturated carbocycles. The van der Waals surface area contributed by atoms with Crippen molar-refractivity contribution in [3.8, 4) is 5.75 Å². The molecule has 2 aromatic rings. The Hall–Kier alpha value is -2.82. The summed E-state index contributed by atoms with van der Waals surface area (Å²) in [6.07, 6.45) is 0. The van der Waals surface area contributed by atoms with E-state index in [1.54, 1.807) is 18.2 Å². The summed E-state index contributed by atoms with van der Waals surface area (Å²) in [7, 11) is 1.27. The molecule has 0 aliphatic rings. The number of nitrogens with two attached hydrogens (primary N) is 1. The molecule has 0 bridgehead atoms. The first-order valence-corrected chi connectivity index (χ1v) is 6.72. The summed E-state index contributed by atoms with van der Waals surface area (Å²) in [4.78, 5) is 23.3. The Labute approximate surface area is 128 Å². The summed E-state index contributed by atoms with van der Waals surface area (Å²) in [5, 5.41) is 0. The van der Waals surface area contributed by atoms with Crippen LogP contribution >= 0.6 is 0 Å². The van der Waals surface area contributed by atoms with E-state index in [0.717, 1.165) is 5.56 Å². The topological polar surface area (TPSA) is 78.6 Å². The number of ketones is 1. The van der Waals surface area contributed by atoms with Crippen molar-refractivity contribution in [1.82, 2.24) is 0 Å². The number of benzene rings is 2. The van der Waals surface area contributed by atoms with E-state index in [2.05, 4.69) is 0 Å². The molecule has 2 aromatic carbocycles. The summed E-state index contributed by atoms with van der Waals surface area (Å²) in [5.74, 6) is -0.296. The van der Waals surface area contributed by atoms with Crippen LogP contribution in [0.1, 0.15) is 33.2 Å².